The summed E-state index contributed by atoms with van der Waals surface area (Å²) in [5, 5.41) is 0. The largest absolute Gasteiger partial charge is 0.490 e. The van der Waals surface area contributed by atoms with E-state index in [9.17, 15) is 18.0 Å². The Hall–Kier alpha value is -0.790. The van der Waals surface area contributed by atoms with E-state index in [4.69, 9.17) is 0 Å². The first-order valence-corrected chi connectivity index (χ1v) is 5.86. The number of hydrogen-bond donors (Lipinski definition) is 0. The number of carbonyl (C=O) groups excluding carboxylic acids is 1. The second kappa shape index (κ2) is 5.51. The van der Waals surface area contributed by atoms with Crippen LogP contribution in [0.1, 0.15) is 11.7 Å². The van der Waals surface area contributed by atoms with Crippen LogP contribution in [-0.2, 0) is 9.53 Å². The van der Waals surface area contributed by atoms with Crippen LogP contribution in [0.25, 0.3) is 0 Å². The Balaban J connectivity index is 2.75. The van der Waals surface area contributed by atoms with Crippen LogP contribution < -0.4 is 0 Å². The molecule has 0 bridgehead atoms. The smallest absolute Gasteiger partial charge is 0.450 e. The molecule has 88 valence electrons. The molecule has 2 nitrogen and oxygen atoms in total. The lowest BCUT2D eigenvalue weighted by molar-refractivity contribution is -0.204. The number of esters is 1. The second-order valence-corrected chi connectivity index (χ2v) is 3.84. The molecule has 6 heteroatoms. The van der Waals surface area contributed by atoms with Gasteiger partial charge < -0.3 is 4.74 Å². The lowest BCUT2D eigenvalue weighted by Gasteiger charge is -2.16. The molecule has 0 aliphatic heterocycles. The van der Waals surface area contributed by atoms with Gasteiger partial charge in [0, 0.05) is 4.43 Å². The zero-order valence-electron chi connectivity index (χ0n) is 8.00. The van der Waals surface area contributed by atoms with Gasteiger partial charge in [-0.25, -0.2) is 4.79 Å². The summed E-state index contributed by atoms with van der Waals surface area (Å²) in [7, 11) is 0. The van der Waals surface area contributed by atoms with Crippen molar-refractivity contribution < 1.29 is 22.7 Å². The fourth-order valence-corrected chi connectivity index (χ4v) is 1.74. The van der Waals surface area contributed by atoms with E-state index in [1.165, 1.54) is 0 Å². The molecule has 0 N–H and O–H groups in total. The highest BCUT2D eigenvalue weighted by atomic mass is 127. The van der Waals surface area contributed by atoms with Crippen molar-refractivity contribution in [3.8, 4) is 0 Å². The minimum absolute atomic E-state index is 0.267. The van der Waals surface area contributed by atoms with Crippen LogP contribution in [0.5, 0.6) is 0 Å². The first-order chi connectivity index (χ1) is 7.45. The minimum atomic E-state index is -4.95. The third-order valence-corrected chi connectivity index (χ3v) is 2.59. The van der Waals surface area contributed by atoms with Crippen molar-refractivity contribution in [2.24, 2.45) is 0 Å². The molecule has 1 aromatic rings. The Labute approximate surface area is 104 Å². The third kappa shape index (κ3) is 3.66. The van der Waals surface area contributed by atoms with Gasteiger partial charge in [0.15, 0.2) is 0 Å². The van der Waals surface area contributed by atoms with Crippen LogP contribution in [0.3, 0.4) is 0 Å². The predicted octanol–water partition coefficient (Wildman–Crippen LogP) is 3.27. The van der Waals surface area contributed by atoms with E-state index in [-0.39, 0.29) is 4.43 Å². The van der Waals surface area contributed by atoms with E-state index in [0.717, 1.165) is 0 Å². The Morgan fingerprint density at radius 1 is 1.31 bits per heavy atom. The van der Waals surface area contributed by atoms with Gasteiger partial charge in [0.05, 0.1) is 0 Å². The molecule has 1 aromatic carbocycles. The van der Waals surface area contributed by atoms with Crippen LogP contribution >= 0.6 is 22.6 Å². The summed E-state index contributed by atoms with van der Waals surface area (Å²) in [6.07, 6.45) is -5.81. The molecular weight excluding hydrogens is 336 g/mol. The van der Waals surface area contributed by atoms with Gasteiger partial charge in [-0.2, -0.15) is 13.2 Å². The quantitative estimate of drug-likeness (QED) is 0.478. The molecule has 0 aliphatic rings. The van der Waals surface area contributed by atoms with Crippen LogP contribution in [0.15, 0.2) is 30.3 Å². The topological polar surface area (TPSA) is 26.3 Å². The molecule has 0 amide bonds. The van der Waals surface area contributed by atoms with Gasteiger partial charge in [-0.3, -0.25) is 0 Å². The maximum Gasteiger partial charge on any atom is 0.490 e. The average Bonchev–Trinajstić information content (AvgIpc) is 2.25. The third-order valence-electron chi connectivity index (χ3n) is 1.79. The summed E-state index contributed by atoms with van der Waals surface area (Å²) in [5.41, 5.74) is 0.550. The summed E-state index contributed by atoms with van der Waals surface area (Å²) in [4.78, 5) is 10.7. The van der Waals surface area contributed by atoms with Crippen molar-refractivity contribution in [1.82, 2.24) is 0 Å². The fraction of sp³-hybridized carbons (Fsp3) is 0.300. The van der Waals surface area contributed by atoms with E-state index in [1.807, 2.05) is 22.6 Å². The fourth-order valence-electron chi connectivity index (χ4n) is 1.05. The molecule has 1 rings (SSSR count). The van der Waals surface area contributed by atoms with Crippen molar-refractivity contribution >= 4 is 28.6 Å². The van der Waals surface area contributed by atoms with Crippen LogP contribution in [-0.4, -0.2) is 16.6 Å². The zero-order chi connectivity index (χ0) is 12.2. The van der Waals surface area contributed by atoms with Crippen LogP contribution in [0, 0.1) is 0 Å². The Morgan fingerprint density at radius 3 is 2.31 bits per heavy atom. The van der Waals surface area contributed by atoms with Crippen LogP contribution in [0.4, 0.5) is 13.2 Å². The molecule has 0 spiro atoms. The highest BCUT2D eigenvalue weighted by Gasteiger charge is 2.42. The van der Waals surface area contributed by atoms with Crippen molar-refractivity contribution in [3.05, 3.63) is 35.9 Å². The summed E-state index contributed by atoms with van der Waals surface area (Å²) < 4.78 is 40.6. The SMILES string of the molecule is O=C(OC(CI)c1ccccc1)C(F)(F)F. The second-order valence-electron chi connectivity index (χ2n) is 2.96. The Bertz CT molecular complexity index is 351. The van der Waals surface area contributed by atoms with Gasteiger partial charge in [-0.05, 0) is 5.56 Å². The molecule has 0 aliphatic carbocycles. The van der Waals surface area contributed by atoms with Gasteiger partial charge in [0.1, 0.15) is 6.10 Å². The van der Waals surface area contributed by atoms with Gasteiger partial charge in [-0.15, -0.1) is 0 Å². The molecule has 16 heavy (non-hydrogen) atoms. The number of halogens is 4. The average molecular weight is 344 g/mol. The lowest BCUT2D eigenvalue weighted by atomic mass is 10.1. The first kappa shape index (κ1) is 13.3. The van der Waals surface area contributed by atoms with Crippen LogP contribution in [0.2, 0.25) is 0 Å². The Kier molecular flexibility index (Phi) is 4.57. The van der Waals surface area contributed by atoms with Crippen molar-refractivity contribution in [2.75, 3.05) is 4.43 Å². The van der Waals surface area contributed by atoms with Crippen molar-refractivity contribution in [3.63, 3.8) is 0 Å². The molecule has 0 aromatic heterocycles. The van der Waals surface area contributed by atoms with E-state index < -0.39 is 18.2 Å². The molecule has 0 radical (unpaired) electrons. The Morgan fingerprint density at radius 2 is 1.88 bits per heavy atom. The van der Waals surface area contributed by atoms with E-state index >= 15 is 0 Å². The number of rotatable bonds is 3. The van der Waals surface area contributed by atoms with Gasteiger partial charge in [0.25, 0.3) is 0 Å². The van der Waals surface area contributed by atoms with E-state index in [1.54, 1.807) is 30.3 Å². The first-order valence-electron chi connectivity index (χ1n) is 4.34. The van der Waals surface area contributed by atoms with Gasteiger partial charge in [-0.1, -0.05) is 52.9 Å². The summed E-state index contributed by atoms with van der Waals surface area (Å²) in [6, 6.07) is 8.32. The van der Waals surface area contributed by atoms with Gasteiger partial charge >= 0.3 is 12.1 Å². The number of benzene rings is 1. The molecule has 0 saturated carbocycles. The van der Waals surface area contributed by atoms with Crippen molar-refractivity contribution in [2.45, 2.75) is 12.3 Å². The molecule has 1 unspecified atom stereocenters. The van der Waals surface area contributed by atoms with Crippen molar-refractivity contribution in [1.29, 1.82) is 0 Å². The molecule has 0 heterocycles. The van der Waals surface area contributed by atoms with E-state index in [0.29, 0.717) is 5.56 Å². The standard InChI is InChI=1S/C10H8F3IO2/c11-10(12,13)9(15)16-8(6-14)7-4-2-1-3-5-7/h1-5,8H,6H2. The summed E-state index contributed by atoms with van der Waals surface area (Å²) in [6.45, 7) is 0. The molecule has 1 atom stereocenters. The monoisotopic (exact) mass is 344 g/mol. The maximum atomic E-state index is 12.0. The number of ether oxygens (including phenoxy) is 1. The van der Waals surface area contributed by atoms with E-state index in [2.05, 4.69) is 4.74 Å². The highest BCUT2D eigenvalue weighted by Crippen LogP contribution is 2.25. The summed E-state index contributed by atoms with van der Waals surface area (Å²) in [5.74, 6) is -2.15. The number of hydrogen-bond acceptors (Lipinski definition) is 2. The summed E-state index contributed by atoms with van der Waals surface area (Å²) >= 11 is 1.87. The maximum absolute atomic E-state index is 12.0. The predicted molar refractivity (Wildman–Crippen MR) is 60.2 cm³/mol. The number of alkyl halides is 4. The molecular formula is C10H8F3IO2. The minimum Gasteiger partial charge on any atom is -0.450 e. The molecule has 0 fully saturated rings. The highest BCUT2D eigenvalue weighted by molar-refractivity contribution is 14.1. The van der Waals surface area contributed by atoms with Gasteiger partial charge in [0.2, 0.25) is 0 Å². The number of carbonyl (C=O) groups is 1. The molecule has 0 saturated heterocycles. The normalized spacial score (nSPS) is 13.2. The lowest BCUT2D eigenvalue weighted by Crippen LogP contribution is -2.27. The zero-order valence-corrected chi connectivity index (χ0v) is 10.2.